The van der Waals surface area contributed by atoms with Gasteiger partial charge in [-0.15, -0.1) is 0 Å². The Morgan fingerprint density at radius 1 is 0.724 bits per heavy atom. The Labute approximate surface area is 187 Å². The van der Waals surface area contributed by atoms with Crippen LogP contribution in [0.5, 0.6) is 0 Å². The lowest BCUT2D eigenvalue weighted by atomic mass is 10.1. The molecule has 3 amide bonds. The van der Waals surface area contributed by atoms with E-state index in [1.165, 1.54) is 28.6 Å². The molecule has 0 aromatic carbocycles. The molecule has 1 aliphatic heterocycles. The van der Waals surface area contributed by atoms with Crippen molar-refractivity contribution in [3.05, 3.63) is 0 Å². The molecule has 0 spiro atoms. The minimum Gasteiger partial charge on any atom is -0.271 e. The number of hydrogen-bond acceptors (Lipinski definition) is 6. The predicted octanol–water partition coefficient (Wildman–Crippen LogP) is 5.38. The first-order valence-electron chi connectivity index (χ1n) is 10.8. The molecule has 1 aliphatic rings. The number of nitrogens with zero attached hydrogens (tertiary/aromatic N) is 4. The molecule has 0 atom stereocenters. The minimum absolute atomic E-state index is 0.147. The second kappa shape index (κ2) is 11.3. The van der Waals surface area contributed by atoms with Crippen LogP contribution in [0.4, 0.5) is 4.79 Å². The Kier molecular flexibility index (Phi) is 10.3. The largest absolute Gasteiger partial charge is 0.350 e. The zero-order chi connectivity index (χ0) is 22.5. The molecule has 0 radical (unpaired) electrons. The summed E-state index contributed by atoms with van der Waals surface area (Å²) in [7, 11) is 0. The number of urea groups is 1. The van der Waals surface area contributed by atoms with E-state index in [0.717, 1.165) is 26.2 Å². The van der Waals surface area contributed by atoms with Gasteiger partial charge >= 0.3 is 6.03 Å². The molecular weight excluding hydrogens is 404 g/mol. The lowest BCUT2D eigenvalue weighted by molar-refractivity contribution is -0.127. The van der Waals surface area contributed by atoms with Crippen LogP contribution in [0.2, 0.25) is 0 Å². The Balaban J connectivity index is 3.01. The third-order valence-corrected chi connectivity index (χ3v) is 6.55. The summed E-state index contributed by atoms with van der Waals surface area (Å²) < 4.78 is 7.39. The highest BCUT2D eigenvalue weighted by molar-refractivity contribution is 7.97. The van der Waals surface area contributed by atoms with E-state index in [-0.39, 0.29) is 11.9 Å². The summed E-state index contributed by atoms with van der Waals surface area (Å²) in [6.45, 7) is 24.4. The third kappa shape index (κ3) is 7.96. The topological polar surface area (TPSA) is 47.1 Å². The molecular formula is C21H42N4O2S2. The number of imide groups is 1. The maximum Gasteiger partial charge on any atom is 0.350 e. The fourth-order valence-corrected chi connectivity index (χ4v) is 5.95. The summed E-state index contributed by atoms with van der Waals surface area (Å²) in [5, 5.41) is 0. The van der Waals surface area contributed by atoms with Crippen molar-refractivity contribution in [2.24, 2.45) is 23.7 Å². The van der Waals surface area contributed by atoms with Crippen LogP contribution in [0.1, 0.15) is 69.2 Å². The minimum atomic E-state index is -0.873. The predicted molar refractivity (Wildman–Crippen MR) is 126 cm³/mol. The van der Waals surface area contributed by atoms with Gasteiger partial charge in [0.2, 0.25) is 0 Å². The molecule has 1 heterocycles. The van der Waals surface area contributed by atoms with Gasteiger partial charge in [0.1, 0.15) is 5.54 Å². The van der Waals surface area contributed by atoms with Crippen molar-refractivity contribution in [3.63, 3.8) is 0 Å². The molecule has 0 saturated carbocycles. The van der Waals surface area contributed by atoms with E-state index in [2.05, 4.69) is 64.0 Å². The van der Waals surface area contributed by atoms with E-state index in [0.29, 0.717) is 23.7 Å². The maximum atomic E-state index is 13.3. The molecule has 1 saturated heterocycles. The van der Waals surface area contributed by atoms with Crippen molar-refractivity contribution in [2.45, 2.75) is 74.8 Å². The zero-order valence-corrected chi connectivity index (χ0v) is 21.7. The molecule has 0 N–H and O–H groups in total. The van der Waals surface area contributed by atoms with Crippen molar-refractivity contribution < 1.29 is 9.59 Å². The van der Waals surface area contributed by atoms with Crippen LogP contribution in [0.25, 0.3) is 0 Å². The smallest absolute Gasteiger partial charge is 0.271 e. The molecule has 0 aromatic rings. The average Bonchev–Trinajstić information content (AvgIpc) is 2.67. The monoisotopic (exact) mass is 446 g/mol. The van der Waals surface area contributed by atoms with Gasteiger partial charge in [-0.1, -0.05) is 55.4 Å². The van der Waals surface area contributed by atoms with Crippen LogP contribution in [0.3, 0.4) is 0 Å². The lowest BCUT2D eigenvalue weighted by Crippen LogP contribution is -2.43. The summed E-state index contributed by atoms with van der Waals surface area (Å²) in [5.74, 6) is 1.73. The first-order chi connectivity index (χ1) is 13.2. The van der Waals surface area contributed by atoms with Crippen molar-refractivity contribution in [3.8, 4) is 0 Å². The lowest BCUT2D eigenvalue weighted by Gasteiger charge is -2.33. The average molecular weight is 447 g/mol. The Morgan fingerprint density at radius 2 is 1.07 bits per heavy atom. The Bertz CT molecular complexity index is 533. The summed E-state index contributed by atoms with van der Waals surface area (Å²) >= 11 is 2.69. The molecule has 8 heteroatoms. The molecule has 1 fully saturated rings. The Morgan fingerprint density at radius 3 is 1.41 bits per heavy atom. The normalized spacial score (nSPS) is 17.5. The summed E-state index contributed by atoms with van der Waals surface area (Å²) in [5.41, 5.74) is -0.873. The molecule has 0 aromatic heterocycles. The second-order valence-electron chi connectivity index (χ2n) is 10.2. The SMILES string of the molecule is CC(C)CN(CC(C)C)SN1C(=O)N(SN(CC(C)C)CC(C)C)C(C)(C)C1=O. The highest BCUT2D eigenvalue weighted by Crippen LogP contribution is 2.40. The van der Waals surface area contributed by atoms with Gasteiger partial charge in [-0.25, -0.2) is 17.7 Å². The van der Waals surface area contributed by atoms with Gasteiger partial charge in [0.05, 0.1) is 12.1 Å². The van der Waals surface area contributed by atoms with Crippen LogP contribution in [0.15, 0.2) is 0 Å². The summed E-state index contributed by atoms with van der Waals surface area (Å²) in [6.07, 6.45) is 0. The highest BCUT2D eigenvalue weighted by Gasteiger charge is 2.54. The Hall–Kier alpha value is -0.440. The van der Waals surface area contributed by atoms with E-state index >= 15 is 0 Å². The fraction of sp³-hybridized carbons (Fsp3) is 0.905. The van der Waals surface area contributed by atoms with Gasteiger partial charge in [0.15, 0.2) is 0 Å². The molecule has 0 bridgehead atoms. The summed E-state index contributed by atoms with van der Waals surface area (Å²) in [4.78, 5) is 26.4. The molecule has 0 unspecified atom stereocenters. The van der Waals surface area contributed by atoms with Gasteiger partial charge in [-0.2, -0.15) is 4.31 Å². The second-order valence-corrected chi connectivity index (χ2v) is 12.3. The van der Waals surface area contributed by atoms with E-state index in [1.54, 1.807) is 4.31 Å². The van der Waals surface area contributed by atoms with Crippen LogP contribution >= 0.6 is 24.3 Å². The quantitative estimate of drug-likeness (QED) is 0.296. The van der Waals surface area contributed by atoms with Gasteiger partial charge < -0.3 is 0 Å². The number of amides is 3. The molecule has 170 valence electrons. The van der Waals surface area contributed by atoms with E-state index < -0.39 is 5.54 Å². The van der Waals surface area contributed by atoms with Crippen LogP contribution in [0, 0.1) is 23.7 Å². The van der Waals surface area contributed by atoms with Crippen molar-refractivity contribution in [1.82, 2.24) is 17.2 Å². The van der Waals surface area contributed by atoms with Crippen molar-refractivity contribution in [1.29, 1.82) is 0 Å². The standard InChI is InChI=1S/C21H42N4O2S2/c1-15(2)11-22(12-16(3)4)28-24-19(26)21(9,10)25(20(24)27)29-23(13-17(5)6)14-18(7)8/h15-18H,11-14H2,1-10H3. The number of rotatable bonds is 12. The van der Waals surface area contributed by atoms with Crippen LogP contribution < -0.4 is 0 Å². The first kappa shape index (κ1) is 26.6. The molecule has 6 nitrogen and oxygen atoms in total. The van der Waals surface area contributed by atoms with Crippen molar-refractivity contribution >= 4 is 36.2 Å². The van der Waals surface area contributed by atoms with Gasteiger partial charge in [0, 0.05) is 38.3 Å². The zero-order valence-electron chi connectivity index (χ0n) is 20.1. The van der Waals surface area contributed by atoms with E-state index in [9.17, 15) is 9.59 Å². The third-order valence-electron chi connectivity index (χ3n) is 4.23. The van der Waals surface area contributed by atoms with Gasteiger partial charge in [-0.3, -0.25) is 4.79 Å². The number of carbonyl (C=O) groups is 2. The van der Waals surface area contributed by atoms with E-state index in [4.69, 9.17) is 0 Å². The van der Waals surface area contributed by atoms with Crippen LogP contribution in [-0.2, 0) is 4.79 Å². The molecule has 1 rings (SSSR count). The van der Waals surface area contributed by atoms with Gasteiger partial charge in [-0.05, 0) is 37.5 Å². The molecule has 0 aliphatic carbocycles. The molecule has 29 heavy (non-hydrogen) atoms. The number of carbonyl (C=O) groups excluding carboxylic acids is 2. The van der Waals surface area contributed by atoms with Crippen molar-refractivity contribution in [2.75, 3.05) is 26.2 Å². The van der Waals surface area contributed by atoms with Gasteiger partial charge in [0.25, 0.3) is 5.91 Å². The van der Waals surface area contributed by atoms with Crippen LogP contribution in [-0.4, -0.2) is 60.9 Å². The first-order valence-corrected chi connectivity index (χ1v) is 12.3. The highest BCUT2D eigenvalue weighted by atomic mass is 32.2. The van der Waals surface area contributed by atoms with E-state index in [1.807, 2.05) is 13.8 Å². The maximum absolute atomic E-state index is 13.3. The summed E-state index contributed by atoms with van der Waals surface area (Å²) in [6, 6.07) is -0.231. The number of hydrogen-bond donors (Lipinski definition) is 0. The fourth-order valence-electron chi connectivity index (χ4n) is 3.10.